The van der Waals surface area contributed by atoms with Crippen LogP contribution in [0, 0.1) is 23.5 Å². The van der Waals surface area contributed by atoms with Crippen LogP contribution in [-0.2, 0) is 9.59 Å². The molecule has 0 bridgehead atoms. The van der Waals surface area contributed by atoms with Crippen molar-refractivity contribution in [1.29, 1.82) is 0 Å². The van der Waals surface area contributed by atoms with Crippen LogP contribution in [0.15, 0.2) is 18.2 Å². The van der Waals surface area contributed by atoms with Gasteiger partial charge in [-0.3, -0.25) is 14.4 Å². The Labute approximate surface area is 175 Å². The van der Waals surface area contributed by atoms with Crippen LogP contribution < -0.4 is 11.1 Å². The van der Waals surface area contributed by atoms with E-state index in [-0.39, 0.29) is 35.8 Å². The molecule has 0 unspecified atom stereocenters. The number of halogens is 2. The first-order valence-corrected chi connectivity index (χ1v) is 10.7. The molecule has 1 aromatic carbocycles. The first-order chi connectivity index (χ1) is 14.3. The monoisotopic (exact) mass is 421 g/mol. The maximum Gasteiger partial charge on any atom is 0.256 e. The number of nitrogens with one attached hydrogen (secondary N) is 1. The van der Waals surface area contributed by atoms with Crippen molar-refractivity contribution in [2.24, 2.45) is 17.6 Å². The molecule has 0 radical (unpaired) electrons. The van der Waals surface area contributed by atoms with Gasteiger partial charge in [-0.25, -0.2) is 8.78 Å². The molecule has 2 aliphatic rings. The summed E-state index contributed by atoms with van der Waals surface area (Å²) in [6.45, 7) is 0.634. The number of piperidine rings is 1. The Hall–Kier alpha value is -2.51. The number of primary amides is 1. The van der Waals surface area contributed by atoms with Crippen LogP contribution >= 0.6 is 0 Å². The highest BCUT2D eigenvalue weighted by atomic mass is 19.1. The predicted octanol–water partition coefficient (Wildman–Crippen LogP) is 2.76. The first kappa shape index (κ1) is 22.2. The minimum atomic E-state index is -0.887. The van der Waals surface area contributed by atoms with E-state index in [1.165, 1.54) is 11.3 Å². The molecule has 30 heavy (non-hydrogen) atoms. The molecule has 1 aliphatic heterocycles. The number of hydrogen-bond donors (Lipinski definition) is 2. The predicted molar refractivity (Wildman–Crippen MR) is 107 cm³/mol. The topological polar surface area (TPSA) is 92.5 Å². The van der Waals surface area contributed by atoms with Crippen LogP contribution in [0.3, 0.4) is 0 Å². The molecule has 0 spiro atoms. The van der Waals surface area contributed by atoms with Crippen molar-refractivity contribution in [1.82, 2.24) is 10.2 Å². The molecule has 1 saturated heterocycles. The SMILES string of the molecule is NC(=O)C[C@@H](NC(=O)C1CCN(C(=O)c2ccc(F)cc2F)CC1)C1CCCCC1. The summed E-state index contributed by atoms with van der Waals surface area (Å²) in [5, 5.41) is 3.03. The van der Waals surface area contributed by atoms with Crippen LogP contribution in [0.4, 0.5) is 8.78 Å². The number of likely N-dealkylation sites (tertiary alicyclic amines) is 1. The highest BCUT2D eigenvalue weighted by molar-refractivity contribution is 5.94. The van der Waals surface area contributed by atoms with Gasteiger partial charge in [-0.05, 0) is 43.7 Å². The third-order valence-corrected chi connectivity index (χ3v) is 6.28. The molecule has 1 aliphatic carbocycles. The van der Waals surface area contributed by atoms with Gasteiger partial charge in [0.1, 0.15) is 11.6 Å². The molecule has 6 nitrogen and oxygen atoms in total. The Kier molecular flexibility index (Phi) is 7.39. The third kappa shape index (κ3) is 5.55. The molecular weight excluding hydrogens is 392 g/mol. The lowest BCUT2D eigenvalue weighted by Gasteiger charge is -2.34. The molecule has 8 heteroatoms. The second-order valence-corrected chi connectivity index (χ2v) is 8.37. The average Bonchev–Trinajstić information content (AvgIpc) is 2.73. The van der Waals surface area contributed by atoms with Gasteiger partial charge in [-0.15, -0.1) is 0 Å². The largest absolute Gasteiger partial charge is 0.370 e. The Morgan fingerprint density at radius 2 is 1.73 bits per heavy atom. The Balaban J connectivity index is 1.55. The van der Waals surface area contributed by atoms with Crippen molar-refractivity contribution < 1.29 is 23.2 Å². The molecule has 3 rings (SSSR count). The van der Waals surface area contributed by atoms with Gasteiger partial charge in [-0.1, -0.05) is 19.3 Å². The summed E-state index contributed by atoms with van der Waals surface area (Å²) < 4.78 is 27.0. The minimum Gasteiger partial charge on any atom is -0.370 e. The fourth-order valence-corrected chi connectivity index (χ4v) is 4.57. The van der Waals surface area contributed by atoms with Crippen molar-refractivity contribution in [3.05, 3.63) is 35.4 Å². The van der Waals surface area contributed by atoms with E-state index >= 15 is 0 Å². The van der Waals surface area contributed by atoms with Gasteiger partial charge in [0.2, 0.25) is 11.8 Å². The van der Waals surface area contributed by atoms with E-state index in [1.54, 1.807) is 0 Å². The number of nitrogens with zero attached hydrogens (tertiary/aromatic N) is 1. The molecule has 3 N–H and O–H groups in total. The maximum absolute atomic E-state index is 13.9. The molecule has 2 fully saturated rings. The van der Waals surface area contributed by atoms with Gasteiger partial charge in [0.15, 0.2) is 0 Å². The molecule has 0 aromatic heterocycles. The van der Waals surface area contributed by atoms with Crippen molar-refractivity contribution in [3.8, 4) is 0 Å². The van der Waals surface area contributed by atoms with E-state index in [2.05, 4.69) is 5.32 Å². The first-order valence-electron chi connectivity index (χ1n) is 10.7. The quantitative estimate of drug-likeness (QED) is 0.740. The number of carbonyl (C=O) groups excluding carboxylic acids is 3. The van der Waals surface area contributed by atoms with Crippen molar-refractivity contribution in [2.75, 3.05) is 13.1 Å². The Morgan fingerprint density at radius 1 is 1.07 bits per heavy atom. The molecule has 1 aromatic rings. The minimum absolute atomic E-state index is 0.119. The van der Waals surface area contributed by atoms with Gasteiger partial charge in [0.05, 0.1) is 5.56 Å². The zero-order chi connectivity index (χ0) is 21.7. The molecule has 164 valence electrons. The zero-order valence-electron chi connectivity index (χ0n) is 17.0. The standard InChI is InChI=1S/C22H29F2N3O3/c23-16-6-7-17(18(24)12-16)22(30)27-10-8-15(9-11-27)21(29)26-19(13-20(25)28)14-4-2-1-3-5-14/h6-7,12,14-15,19H,1-5,8-11,13H2,(H2,25,28)(H,26,29)/t19-/m1/s1. The van der Waals surface area contributed by atoms with E-state index in [0.717, 1.165) is 37.8 Å². The average molecular weight is 421 g/mol. The second-order valence-electron chi connectivity index (χ2n) is 8.37. The van der Waals surface area contributed by atoms with E-state index in [4.69, 9.17) is 5.73 Å². The van der Waals surface area contributed by atoms with Gasteiger partial charge in [0, 0.05) is 37.5 Å². The van der Waals surface area contributed by atoms with Crippen molar-refractivity contribution >= 4 is 17.7 Å². The maximum atomic E-state index is 13.9. The van der Waals surface area contributed by atoms with E-state index in [9.17, 15) is 23.2 Å². The molecule has 3 amide bonds. The number of carbonyl (C=O) groups is 3. The second kappa shape index (κ2) is 10.00. The fraction of sp³-hybridized carbons (Fsp3) is 0.591. The highest BCUT2D eigenvalue weighted by Crippen LogP contribution is 2.28. The summed E-state index contributed by atoms with van der Waals surface area (Å²) in [6, 6.07) is 2.64. The van der Waals surface area contributed by atoms with E-state index in [1.807, 2.05) is 0 Å². The summed E-state index contributed by atoms with van der Waals surface area (Å²) in [5.41, 5.74) is 5.23. The summed E-state index contributed by atoms with van der Waals surface area (Å²) in [5.74, 6) is -2.67. The lowest BCUT2D eigenvalue weighted by Crippen LogP contribution is -2.48. The lowest BCUT2D eigenvalue weighted by atomic mass is 9.82. The van der Waals surface area contributed by atoms with Gasteiger partial charge < -0.3 is 16.0 Å². The summed E-state index contributed by atoms with van der Waals surface area (Å²) in [7, 11) is 0. The van der Waals surface area contributed by atoms with Crippen LogP contribution in [0.2, 0.25) is 0 Å². The van der Waals surface area contributed by atoms with Crippen molar-refractivity contribution in [3.63, 3.8) is 0 Å². The highest BCUT2D eigenvalue weighted by Gasteiger charge is 2.32. The number of benzene rings is 1. The fourth-order valence-electron chi connectivity index (χ4n) is 4.57. The summed E-state index contributed by atoms with van der Waals surface area (Å²) >= 11 is 0. The summed E-state index contributed by atoms with van der Waals surface area (Å²) in [6.07, 6.45) is 6.37. The van der Waals surface area contributed by atoms with Crippen LogP contribution in [0.1, 0.15) is 61.7 Å². The van der Waals surface area contributed by atoms with Crippen molar-refractivity contribution in [2.45, 2.75) is 57.4 Å². The number of amides is 3. The summed E-state index contributed by atoms with van der Waals surface area (Å²) in [4.78, 5) is 38.3. The van der Waals surface area contributed by atoms with Gasteiger partial charge in [0.25, 0.3) is 5.91 Å². The van der Waals surface area contributed by atoms with Crippen LogP contribution in [0.25, 0.3) is 0 Å². The normalized spacial score (nSPS) is 19.3. The van der Waals surface area contributed by atoms with Crippen LogP contribution in [-0.4, -0.2) is 41.8 Å². The van der Waals surface area contributed by atoms with E-state index in [0.29, 0.717) is 32.0 Å². The molecular formula is C22H29F2N3O3. The third-order valence-electron chi connectivity index (χ3n) is 6.28. The van der Waals surface area contributed by atoms with E-state index < -0.39 is 23.4 Å². The van der Waals surface area contributed by atoms with Gasteiger partial charge in [-0.2, -0.15) is 0 Å². The Morgan fingerprint density at radius 3 is 2.33 bits per heavy atom. The van der Waals surface area contributed by atoms with Gasteiger partial charge >= 0.3 is 0 Å². The number of rotatable bonds is 6. The smallest absolute Gasteiger partial charge is 0.256 e. The number of nitrogens with two attached hydrogens (primary N) is 1. The number of hydrogen-bond acceptors (Lipinski definition) is 3. The molecule has 1 atom stereocenters. The van der Waals surface area contributed by atoms with Crippen LogP contribution in [0.5, 0.6) is 0 Å². The Bertz CT molecular complexity index is 788. The molecule has 1 saturated carbocycles. The lowest BCUT2D eigenvalue weighted by molar-refractivity contribution is -0.128. The zero-order valence-corrected chi connectivity index (χ0v) is 17.0. The molecule has 1 heterocycles.